The van der Waals surface area contributed by atoms with E-state index in [1.54, 1.807) is 12.1 Å². The van der Waals surface area contributed by atoms with Gasteiger partial charge in [0.2, 0.25) is 5.91 Å². The first-order valence-electron chi connectivity index (χ1n) is 10.2. The van der Waals surface area contributed by atoms with E-state index in [0.717, 1.165) is 30.0 Å². The Morgan fingerprint density at radius 3 is 2.62 bits per heavy atom. The Bertz CT molecular complexity index is 776. The third-order valence-corrected chi connectivity index (χ3v) is 5.13. The van der Waals surface area contributed by atoms with Gasteiger partial charge in [0.05, 0.1) is 25.9 Å². The van der Waals surface area contributed by atoms with Gasteiger partial charge >= 0.3 is 0 Å². The van der Waals surface area contributed by atoms with Crippen LogP contribution in [0.3, 0.4) is 0 Å². The van der Waals surface area contributed by atoms with Gasteiger partial charge in [-0.3, -0.25) is 9.69 Å². The van der Waals surface area contributed by atoms with Crippen molar-refractivity contribution in [1.29, 1.82) is 0 Å². The second-order valence-electron chi connectivity index (χ2n) is 7.24. The van der Waals surface area contributed by atoms with Crippen LogP contribution in [0.15, 0.2) is 48.5 Å². The summed E-state index contributed by atoms with van der Waals surface area (Å²) in [6.45, 7) is 5.92. The zero-order chi connectivity index (χ0) is 20.5. The summed E-state index contributed by atoms with van der Waals surface area (Å²) in [5, 5.41) is 3.03. The third-order valence-electron chi connectivity index (χ3n) is 5.13. The maximum absolute atomic E-state index is 13.3. The number of nitrogens with zero attached hydrogens (tertiary/aromatic N) is 1. The molecule has 6 heteroatoms. The number of ether oxygens (including phenoxy) is 2. The standard InChI is InChI=1S/C23H29FN2O3/c1-18-5-2-3-6-22(18)29-14-4-7-23(27)25-17-21(26-12-15-28-16-13-26)19-8-10-20(24)11-9-19/h2-3,5-6,8-11,21H,4,7,12-17H2,1H3,(H,25,27). The minimum Gasteiger partial charge on any atom is -0.493 e. The molecular weight excluding hydrogens is 371 g/mol. The monoisotopic (exact) mass is 400 g/mol. The molecule has 1 amide bonds. The number of hydrogen-bond donors (Lipinski definition) is 1. The Labute approximate surface area is 171 Å². The molecule has 0 saturated carbocycles. The van der Waals surface area contributed by atoms with Crippen LogP contribution in [-0.4, -0.2) is 50.3 Å². The van der Waals surface area contributed by atoms with Gasteiger partial charge in [-0.05, 0) is 42.7 Å². The Morgan fingerprint density at radius 2 is 1.90 bits per heavy atom. The molecule has 0 bridgehead atoms. The number of nitrogens with one attached hydrogen (secondary N) is 1. The number of hydrogen-bond acceptors (Lipinski definition) is 4. The van der Waals surface area contributed by atoms with Crippen molar-refractivity contribution >= 4 is 5.91 Å². The number of rotatable bonds is 9. The van der Waals surface area contributed by atoms with Crippen molar-refractivity contribution in [3.8, 4) is 5.75 Å². The SMILES string of the molecule is Cc1ccccc1OCCCC(=O)NCC(c1ccc(F)cc1)N1CCOCC1. The summed E-state index contributed by atoms with van der Waals surface area (Å²) >= 11 is 0. The maximum atomic E-state index is 13.3. The summed E-state index contributed by atoms with van der Waals surface area (Å²) in [4.78, 5) is 14.6. The zero-order valence-electron chi connectivity index (χ0n) is 16.9. The predicted octanol–water partition coefficient (Wildman–Crippen LogP) is 3.48. The van der Waals surface area contributed by atoms with Crippen molar-refractivity contribution < 1.29 is 18.7 Å². The lowest BCUT2D eigenvalue weighted by molar-refractivity contribution is -0.121. The summed E-state index contributed by atoms with van der Waals surface area (Å²) in [5.41, 5.74) is 2.08. The van der Waals surface area contributed by atoms with Gasteiger partial charge in [-0.15, -0.1) is 0 Å². The lowest BCUT2D eigenvalue weighted by Crippen LogP contribution is -2.43. The molecule has 0 radical (unpaired) electrons. The molecule has 1 aliphatic rings. The normalized spacial score (nSPS) is 15.7. The molecule has 1 unspecified atom stereocenters. The second kappa shape index (κ2) is 10.9. The van der Waals surface area contributed by atoms with Crippen molar-refractivity contribution in [1.82, 2.24) is 10.2 Å². The van der Waals surface area contributed by atoms with E-state index in [-0.39, 0.29) is 17.8 Å². The molecule has 0 aliphatic carbocycles. The molecule has 3 rings (SSSR count). The van der Waals surface area contributed by atoms with Crippen molar-refractivity contribution in [2.45, 2.75) is 25.8 Å². The van der Waals surface area contributed by atoms with E-state index < -0.39 is 0 Å². The van der Waals surface area contributed by atoms with Gasteiger partial charge in [-0.2, -0.15) is 0 Å². The third kappa shape index (κ3) is 6.54. The number of para-hydroxylation sites is 1. The molecule has 2 aromatic carbocycles. The number of aryl methyl sites for hydroxylation is 1. The average molecular weight is 400 g/mol. The van der Waals surface area contributed by atoms with Crippen LogP contribution in [0.4, 0.5) is 4.39 Å². The predicted molar refractivity (Wildman–Crippen MR) is 110 cm³/mol. The van der Waals surface area contributed by atoms with E-state index in [0.29, 0.717) is 39.2 Å². The van der Waals surface area contributed by atoms with Gasteiger partial charge in [0.25, 0.3) is 0 Å². The number of amides is 1. The molecule has 0 spiro atoms. The average Bonchev–Trinajstić information content (AvgIpc) is 2.74. The highest BCUT2D eigenvalue weighted by Gasteiger charge is 2.23. The van der Waals surface area contributed by atoms with E-state index in [9.17, 15) is 9.18 Å². The first-order valence-corrected chi connectivity index (χ1v) is 10.2. The van der Waals surface area contributed by atoms with Gasteiger partial charge in [0, 0.05) is 26.1 Å². The van der Waals surface area contributed by atoms with Crippen molar-refractivity contribution in [3.63, 3.8) is 0 Å². The molecule has 1 heterocycles. The highest BCUT2D eigenvalue weighted by molar-refractivity contribution is 5.75. The maximum Gasteiger partial charge on any atom is 0.220 e. The summed E-state index contributed by atoms with van der Waals surface area (Å²) in [6.07, 6.45) is 1.06. The first-order chi connectivity index (χ1) is 14.1. The molecule has 0 aromatic heterocycles. The van der Waals surface area contributed by atoms with Crippen molar-refractivity contribution in [3.05, 3.63) is 65.5 Å². The van der Waals surface area contributed by atoms with Crippen LogP contribution in [0.1, 0.15) is 30.0 Å². The van der Waals surface area contributed by atoms with Gasteiger partial charge < -0.3 is 14.8 Å². The van der Waals surface area contributed by atoms with Gasteiger partial charge in [-0.25, -0.2) is 4.39 Å². The highest BCUT2D eigenvalue weighted by atomic mass is 19.1. The first kappa shape index (κ1) is 21.3. The topological polar surface area (TPSA) is 50.8 Å². The van der Waals surface area contributed by atoms with Crippen molar-refractivity contribution in [2.24, 2.45) is 0 Å². The molecular formula is C23H29FN2O3. The second-order valence-corrected chi connectivity index (χ2v) is 7.24. The van der Waals surface area contributed by atoms with Gasteiger partial charge in [0.15, 0.2) is 0 Å². The Balaban J connectivity index is 1.47. The number of halogens is 1. The summed E-state index contributed by atoms with van der Waals surface area (Å²) < 4.78 is 24.5. The van der Waals surface area contributed by atoms with E-state index in [1.165, 1.54) is 12.1 Å². The minimum absolute atomic E-state index is 0.00115. The zero-order valence-corrected chi connectivity index (χ0v) is 16.9. The van der Waals surface area contributed by atoms with Crippen LogP contribution in [-0.2, 0) is 9.53 Å². The lowest BCUT2D eigenvalue weighted by Gasteiger charge is -2.35. The molecule has 156 valence electrons. The number of carbonyl (C=O) groups excluding carboxylic acids is 1. The van der Waals surface area contributed by atoms with Crippen LogP contribution < -0.4 is 10.1 Å². The minimum atomic E-state index is -0.257. The summed E-state index contributed by atoms with van der Waals surface area (Å²) in [7, 11) is 0. The van der Waals surface area contributed by atoms with Gasteiger partial charge in [0.1, 0.15) is 11.6 Å². The fraction of sp³-hybridized carbons (Fsp3) is 0.435. The Morgan fingerprint density at radius 1 is 1.17 bits per heavy atom. The number of benzene rings is 2. The van der Waals surface area contributed by atoms with Crippen LogP contribution >= 0.6 is 0 Å². The Kier molecular flexibility index (Phi) is 8.02. The lowest BCUT2D eigenvalue weighted by atomic mass is 10.0. The van der Waals surface area contributed by atoms with Crippen LogP contribution in [0.25, 0.3) is 0 Å². The summed E-state index contributed by atoms with van der Waals surface area (Å²) in [6, 6.07) is 14.4. The largest absolute Gasteiger partial charge is 0.493 e. The van der Waals surface area contributed by atoms with Crippen molar-refractivity contribution in [2.75, 3.05) is 39.5 Å². The molecule has 1 saturated heterocycles. The van der Waals surface area contributed by atoms with Gasteiger partial charge in [-0.1, -0.05) is 30.3 Å². The molecule has 5 nitrogen and oxygen atoms in total. The highest BCUT2D eigenvalue weighted by Crippen LogP contribution is 2.22. The van der Waals surface area contributed by atoms with E-state index in [4.69, 9.17) is 9.47 Å². The molecule has 1 aliphatic heterocycles. The number of carbonyl (C=O) groups is 1. The molecule has 1 fully saturated rings. The smallest absolute Gasteiger partial charge is 0.220 e. The molecule has 1 atom stereocenters. The van der Waals surface area contributed by atoms with Crippen LogP contribution in [0, 0.1) is 12.7 Å². The van der Waals surface area contributed by atoms with Crippen LogP contribution in [0.2, 0.25) is 0 Å². The summed E-state index contributed by atoms with van der Waals surface area (Å²) in [5.74, 6) is 0.600. The van der Waals surface area contributed by atoms with E-state index in [2.05, 4.69) is 10.2 Å². The molecule has 2 aromatic rings. The van der Waals surface area contributed by atoms with E-state index >= 15 is 0 Å². The molecule has 1 N–H and O–H groups in total. The quantitative estimate of drug-likeness (QED) is 0.655. The number of morpholine rings is 1. The Hall–Kier alpha value is -2.44. The molecule has 29 heavy (non-hydrogen) atoms. The van der Waals surface area contributed by atoms with E-state index in [1.807, 2.05) is 31.2 Å². The fourth-order valence-electron chi connectivity index (χ4n) is 3.46. The van der Waals surface area contributed by atoms with Crippen LogP contribution in [0.5, 0.6) is 5.75 Å². The fourth-order valence-corrected chi connectivity index (χ4v) is 3.46.